The van der Waals surface area contributed by atoms with Crippen molar-refractivity contribution in [3.05, 3.63) is 12.2 Å². The van der Waals surface area contributed by atoms with Gasteiger partial charge in [-0.05, 0) is 6.08 Å². The average molecular weight is 126 g/mol. The minimum atomic E-state index is -0.520. The smallest absolute Gasteiger partial charge is 0.198 e. The van der Waals surface area contributed by atoms with Crippen LogP contribution in [0.15, 0.2) is 12.2 Å². The highest BCUT2D eigenvalue weighted by Crippen LogP contribution is 1.79. The molecule has 0 saturated heterocycles. The van der Waals surface area contributed by atoms with Crippen LogP contribution in [0, 0.1) is 0 Å². The van der Waals surface area contributed by atoms with E-state index in [0.717, 1.165) is 0 Å². The van der Waals surface area contributed by atoms with Gasteiger partial charge < -0.3 is 0 Å². The second-order valence-electron chi connectivity index (χ2n) is 1.35. The predicted octanol–water partition coefficient (Wildman–Crippen LogP) is -0.100. The van der Waals surface area contributed by atoms with E-state index >= 15 is 0 Å². The lowest BCUT2D eigenvalue weighted by atomic mass is 10.3. The van der Waals surface area contributed by atoms with Crippen molar-refractivity contribution >= 4 is 18.4 Å². The van der Waals surface area contributed by atoms with Crippen molar-refractivity contribution < 1.29 is 14.4 Å². The normalized spacial score (nSPS) is 9.33. The van der Waals surface area contributed by atoms with Crippen molar-refractivity contribution in [3.8, 4) is 0 Å². The van der Waals surface area contributed by atoms with Crippen molar-refractivity contribution in [1.82, 2.24) is 0 Å². The standard InChI is InChI=1S/C6H6O3/c7-4-2-1-3-6(9)5-8/h1-2,4-5H,3H2. The molecule has 0 rings (SSSR count). The van der Waals surface area contributed by atoms with Crippen molar-refractivity contribution in [2.75, 3.05) is 0 Å². The number of allylic oxidation sites excluding steroid dienone is 2. The molecule has 0 bridgehead atoms. The van der Waals surface area contributed by atoms with E-state index in [-0.39, 0.29) is 12.7 Å². The van der Waals surface area contributed by atoms with Crippen molar-refractivity contribution in [3.63, 3.8) is 0 Å². The minimum absolute atomic E-state index is 0.0161. The fourth-order valence-electron chi connectivity index (χ4n) is 0.288. The summed E-state index contributed by atoms with van der Waals surface area (Å²) in [6.07, 6.45) is 3.32. The lowest BCUT2D eigenvalue weighted by Gasteiger charge is -1.77. The van der Waals surface area contributed by atoms with Crippen LogP contribution in [0.25, 0.3) is 0 Å². The van der Waals surface area contributed by atoms with Crippen LogP contribution in [0.3, 0.4) is 0 Å². The second kappa shape index (κ2) is 4.90. The van der Waals surface area contributed by atoms with Crippen LogP contribution in [0.2, 0.25) is 0 Å². The van der Waals surface area contributed by atoms with Crippen molar-refractivity contribution in [2.24, 2.45) is 0 Å². The van der Waals surface area contributed by atoms with E-state index in [1.165, 1.54) is 12.2 Å². The second-order valence-corrected chi connectivity index (χ2v) is 1.35. The number of Topliss-reactive ketones (excluding diaryl/α,β-unsaturated/α-hetero) is 1. The maximum Gasteiger partial charge on any atom is 0.198 e. The zero-order valence-corrected chi connectivity index (χ0v) is 4.74. The first-order chi connectivity index (χ1) is 4.31. The Labute approximate surface area is 52.4 Å². The van der Waals surface area contributed by atoms with Crippen molar-refractivity contribution in [1.29, 1.82) is 0 Å². The first-order valence-electron chi connectivity index (χ1n) is 2.39. The van der Waals surface area contributed by atoms with Gasteiger partial charge in [0.15, 0.2) is 12.1 Å². The molecule has 0 radical (unpaired) electrons. The molecule has 0 aliphatic carbocycles. The topological polar surface area (TPSA) is 51.2 Å². The third-order valence-electron chi connectivity index (χ3n) is 0.665. The quantitative estimate of drug-likeness (QED) is 0.300. The molecule has 0 amide bonds. The molecule has 0 aromatic rings. The molecule has 0 aromatic heterocycles. The predicted molar refractivity (Wildman–Crippen MR) is 30.9 cm³/mol. The maximum atomic E-state index is 10.2. The van der Waals surface area contributed by atoms with E-state index < -0.39 is 5.78 Å². The van der Waals surface area contributed by atoms with E-state index in [9.17, 15) is 14.4 Å². The van der Waals surface area contributed by atoms with Gasteiger partial charge in [-0.1, -0.05) is 6.08 Å². The van der Waals surface area contributed by atoms with E-state index in [0.29, 0.717) is 6.29 Å². The van der Waals surface area contributed by atoms with Gasteiger partial charge in [0.1, 0.15) is 6.29 Å². The summed E-state index contributed by atoms with van der Waals surface area (Å²) in [6.45, 7) is 0. The average Bonchev–Trinajstić information content (AvgIpc) is 1.89. The summed E-state index contributed by atoms with van der Waals surface area (Å²) in [7, 11) is 0. The molecule has 0 spiro atoms. The highest BCUT2D eigenvalue weighted by molar-refractivity contribution is 6.25. The zero-order chi connectivity index (χ0) is 7.11. The molecule has 0 saturated carbocycles. The van der Waals surface area contributed by atoms with Crippen LogP contribution >= 0.6 is 0 Å². The maximum absolute atomic E-state index is 10.2. The first kappa shape index (κ1) is 7.75. The van der Waals surface area contributed by atoms with E-state index in [1.54, 1.807) is 0 Å². The number of hydrogen-bond acceptors (Lipinski definition) is 3. The Morgan fingerprint density at radius 3 is 2.44 bits per heavy atom. The van der Waals surface area contributed by atoms with Crippen LogP contribution < -0.4 is 0 Å². The number of hydrogen-bond donors (Lipinski definition) is 0. The zero-order valence-electron chi connectivity index (χ0n) is 4.74. The summed E-state index contributed by atoms with van der Waals surface area (Å²) in [4.78, 5) is 29.4. The number of carbonyl (C=O) groups is 3. The van der Waals surface area contributed by atoms with Crippen LogP contribution in [-0.2, 0) is 14.4 Å². The van der Waals surface area contributed by atoms with Gasteiger partial charge in [-0.25, -0.2) is 0 Å². The van der Waals surface area contributed by atoms with Gasteiger partial charge in [-0.15, -0.1) is 0 Å². The lowest BCUT2D eigenvalue weighted by molar-refractivity contribution is -0.129. The van der Waals surface area contributed by atoms with Crippen LogP contribution in [0.5, 0.6) is 0 Å². The highest BCUT2D eigenvalue weighted by Gasteiger charge is 1.91. The molecule has 3 nitrogen and oxygen atoms in total. The Morgan fingerprint density at radius 2 is 2.00 bits per heavy atom. The Morgan fingerprint density at radius 1 is 1.33 bits per heavy atom. The Kier molecular flexibility index (Phi) is 4.22. The van der Waals surface area contributed by atoms with Gasteiger partial charge in [0.05, 0.1) is 0 Å². The molecule has 0 fully saturated rings. The molecule has 0 heterocycles. The van der Waals surface area contributed by atoms with Gasteiger partial charge in [0.25, 0.3) is 0 Å². The number of ketones is 1. The number of rotatable bonds is 4. The highest BCUT2D eigenvalue weighted by atomic mass is 16.2. The monoisotopic (exact) mass is 126 g/mol. The molecule has 9 heavy (non-hydrogen) atoms. The summed E-state index contributed by atoms with van der Waals surface area (Å²) < 4.78 is 0. The van der Waals surface area contributed by atoms with Gasteiger partial charge >= 0.3 is 0 Å². The summed E-state index contributed by atoms with van der Waals surface area (Å²) in [5, 5.41) is 0. The lowest BCUT2D eigenvalue weighted by Crippen LogP contribution is -1.94. The minimum Gasteiger partial charge on any atom is -0.299 e. The molecule has 0 N–H and O–H groups in total. The SMILES string of the molecule is O=CC=CCC(=O)C=O. The fourth-order valence-corrected chi connectivity index (χ4v) is 0.288. The van der Waals surface area contributed by atoms with E-state index in [1.807, 2.05) is 0 Å². The van der Waals surface area contributed by atoms with Crippen LogP contribution in [0.1, 0.15) is 6.42 Å². The van der Waals surface area contributed by atoms with E-state index in [4.69, 9.17) is 0 Å². The molecule has 0 aliphatic rings. The van der Waals surface area contributed by atoms with E-state index in [2.05, 4.69) is 0 Å². The number of aldehydes is 2. The van der Waals surface area contributed by atoms with Gasteiger partial charge in [0.2, 0.25) is 0 Å². The van der Waals surface area contributed by atoms with Crippen LogP contribution in [0.4, 0.5) is 0 Å². The first-order valence-corrected chi connectivity index (χ1v) is 2.39. The molecular formula is C6H6O3. The number of carbonyl (C=O) groups excluding carboxylic acids is 3. The van der Waals surface area contributed by atoms with Gasteiger partial charge in [-0.2, -0.15) is 0 Å². The molecule has 0 aromatic carbocycles. The summed E-state index contributed by atoms with van der Waals surface area (Å²) >= 11 is 0. The molecule has 48 valence electrons. The summed E-state index contributed by atoms with van der Waals surface area (Å²) in [5.41, 5.74) is 0. The Balaban J connectivity index is 3.49. The molecule has 0 unspecified atom stereocenters. The summed E-state index contributed by atoms with van der Waals surface area (Å²) in [6, 6.07) is 0. The molecule has 0 aliphatic heterocycles. The summed E-state index contributed by atoms with van der Waals surface area (Å²) in [5.74, 6) is -0.520. The Bertz CT molecular complexity index is 146. The van der Waals surface area contributed by atoms with Crippen LogP contribution in [-0.4, -0.2) is 18.4 Å². The van der Waals surface area contributed by atoms with Crippen molar-refractivity contribution in [2.45, 2.75) is 6.42 Å². The molecule has 0 atom stereocenters. The molecule has 3 heteroatoms. The largest absolute Gasteiger partial charge is 0.299 e. The van der Waals surface area contributed by atoms with Gasteiger partial charge in [-0.3, -0.25) is 14.4 Å². The Hall–Kier alpha value is -1.25. The molecular weight excluding hydrogens is 120 g/mol. The fraction of sp³-hybridized carbons (Fsp3) is 0.167. The third kappa shape index (κ3) is 4.61. The third-order valence-corrected chi connectivity index (χ3v) is 0.665. The van der Waals surface area contributed by atoms with Gasteiger partial charge in [0, 0.05) is 6.42 Å².